The molecule has 1 heterocycles. The molecule has 7 heteroatoms. The van der Waals surface area contributed by atoms with Gasteiger partial charge in [0.25, 0.3) is 0 Å². The Hall–Kier alpha value is -1.86. The molecule has 22 heavy (non-hydrogen) atoms. The van der Waals surface area contributed by atoms with E-state index in [1.165, 1.54) is 18.3 Å². The number of hydrogen-bond donors (Lipinski definition) is 1. The molecule has 0 atom stereocenters. The third-order valence-electron chi connectivity index (χ3n) is 2.85. The Morgan fingerprint density at radius 1 is 1.41 bits per heavy atom. The van der Waals surface area contributed by atoms with E-state index < -0.39 is 0 Å². The molecule has 5 nitrogen and oxygen atoms in total. The molecular formula is C15H16N2O3S2. The van der Waals surface area contributed by atoms with Gasteiger partial charge in [0.2, 0.25) is 5.91 Å². The number of aryl methyl sites for hydroxylation is 1. The van der Waals surface area contributed by atoms with Gasteiger partial charge in [0.15, 0.2) is 10.2 Å². The Labute approximate surface area is 137 Å². The zero-order valence-corrected chi connectivity index (χ0v) is 14.1. The van der Waals surface area contributed by atoms with Crippen LogP contribution in [-0.4, -0.2) is 28.9 Å². The van der Waals surface area contributed by atoms with Crippen LogP contribution >= 0.6 is 23.1 Å². The summed E-state index contributed by atoms with van der Waals surface area (Å²) in [6, 6.07) is 5.81. The highest BCUT2D eigenvalue weighted by atomic mass is 32.2. The molecule has 0 spiro atoms. The van der Waals surface area contributed by atoms with Crippen LogP contribution < -0.4 is 10.1 Å². The largest absolute Gasteiger partial charge is 0.496 e. The van der Waals surface area contributed by atoms with Crippen molar-refractivity contribution in [2.75, 3.05) is 18.2 Å². The van der Waals surface area contributed by atoms with Gasteiger partial charge in [-0.3, -0.25) is 9.59 Å². The molecule has 0 saturated heterocycles. The molecule has 0 fully saturated rings. The van der Waals surface area contributed by atoms with E-state index in [4.69, 9.17) is 4.74 Å². The first kappa shape index (κ1) is 16.5. The van der Waals surface area contributed by atoms with Gasteiger partial charge in [-0.2, -0.15) is 0 Å². The molecule has 2 rings (SSSR count). The summed E-state index contributed by atoms with van der Waals surface area (Å²) in [5.41, 5.74) is 2.79. The van der Waals surface area contributed by atoms with Gasteiger partial charge in [0.1, 0.15) is 5.75 Å². The number of benzene rings is 1. The molecule has 0 unspecified atom stereocenters. The Morgan fingerprint density at radius 3 is 2.82 bits per heavy atom. The number of hydrogen-bond acceptors (Lipinski definition) is 6. The van der Waals surface area contributed by atoms with E-state index in [1.807, 2.05) is 30.5 Å². The van der Waals surface area contributed by atoms with Crippen molar-refractivity contribution in [1.82, 2.24) is 4.98 Å². The highest BCUT2D eigenvalue weighted by molar-refractivity contribution is 8.14. The Kier molecular flexibility index (Phi) is 5.57. The van der Waals surface area contributed by atoms with Gasteiger partial charge in [0, 0.05) is 17.9 Å². The lowest BCUT2D eigenvalue weighted by molar-refractivity contribution is -0.114. The van der Waals surface area contributed by atoms with Gasteiger partial charge in [-0.1, -0.05) is 11.8 Å². The van der Waals surface area contributed by atoms with E-state index in [0.29, 0.717) is 5.13 Å². The van der Waals surface area contributed by atoms with E-state index in [9.17, 15) is 9.59 Å². The van der Waals surface area contributed by atoms with Crippen molar-refractivity contribution in [2.24, 2.45) is 0 Å². The van der Waals surface area contributed by atoms with Crippen LogP contribution in [0.4, 0.5) is 5.13 Å². The minimum atomic E-state index is -0.230. The van der Waals surface area contributed by atoms with Crippen LogP contribution in [0.3, 0.4) is 0 Å². The average Bonchev–Trinajstić information content (AvgIpc) is 2.93. The zero-order valence-electron chi connectivity index (χ0n) is 12.5. The molecule has 0 radical (unpaired) electrons. The lowest BCUT2D eigenvalue weighted by Crippen LogP contribution is -2.14. The number of thioether (sulfide) groups is 1. The maximum absolute atomic E-state index is 11.7. The van der Waals surface area contributed by atoms with E-state index in [-0.39, 0.29) is 16.8 Å². The summed E-state index contributed by atoms with van der Waals surface area (Å²) in [4.78, 5) is 26.9. The van der Waals surface area contributed by atoms with Crippen molar-refractivity contribution in [1.29, 1.82) is 0 Å². The summed E-state index contributed by atoms with van der Waals surface area (Å²) in [5, 5.41) is 5.02. The second-order valence-electron chi connectivity index (χ2n) is 4.55. The van der Waals surface area contributed by atoms with Crippen molar-refractivity contribution in [3.8, 4) is 17.0 Å². The minimum absolute atomic E-state index is 0.0799. The highest BCUT2D eigenvalue weighted by Crippen LogP contribution is 2.28. The van der Waals surface area contributed by atoms with Crippen molar-refractivity contribution >= 4 is 39.3 Å². The molecule has 0 aliphatic heterocycles. The fourth-order valence-electron chi connectivity index (χ4n) is 1.82. The van der Waals surface area contributed by atoms with Gasteiger partial charge in [0.05, 0.1) is 18.6 Å². The highest BCUT2D eigenvalue weighted by Gasteiger charge is 2.10. The first-order valence-corrected chi connectivity index (χ1v) is 8.40. The zero-order chi connectivity index (χ0) is 16.1. The number of ether oxygens (including phenoxy) is 1. The molecule has 1 aromatic heterocycles. The molecule has 0 aliphatic rings. The SMILES string of the molecule is COc1ccc(-c2csc(NC(=O)CSC(C)=O)n2)cc1C. The topological polar surface area (TPSA) is 68.3 Å². The fraction of sp³-hybridized carbons (Fsp3) is 0.267. The fourth-order valence-corrected chi connectivity index (χ4v) is 2.97. The number of methoxy groups -OCH3 is 1. The van der Waals surface area contributed by atoms with Gasteiger partial charge in [-0.05, 0) is 30.7 Å². The van der Waals surface area contributed by atoms with Gasteiger partial charge >= 0.3 is 0 Å². The normalized spacial score (nSPS) is 10.3. The van der Waals surface area contributed by atoms with Crippen LogP contribution in [0.25, 0.3) is 11.3 Å². The lowest BCUT2D eigenvalue weighted by Gasteiger charge is -2.05. The molecule has 0 aliphatic carbocycles. The Bertz CT molecular complexity index is 698. The lowest BCUT2D eigenvalue weighted by atomic mass is 10.1. The predicted molar refractivity (Wildman–Crippen MR) is 90.6 cm³/mol. The van der Waals surface area contributed by atoms with E-state index in [1.54, 1.807) is 7.11 Å². The van der Waals surface area contributed by atoms with Crippen LogP contribution in [-0.2, 0) is 9.59 Å². The first-order chi connectivity index (χ1) is 10.5. The number of carbonyl (C=O) groups is 2. The van der Waals surface area contributed by atoms with Gasteiger partial charge in [-0.15, -0.1) is 11.3 Å². The summed E-state index contributed by atoms with van der Waals surface area (Å²) in [5.74, 6) is 0.701. The van der Waals surface area contributed by atoms with Crippen LogP contribution in [0, 0.1) is 6.92 Å². The summed E-state index contributed by atoms with van der Waals surface area (Å²) in [7, 11) is 1.64. The number of aromatic nitrogens is 1. The van der Waals surface area contributed by atoms with Crippen LogP contribution in [0.1, 0.15) is 12.5 Å². The number of nitrogens with zero attached hydrogens (tertiary/aromatic N) is 1. The number of anilines is 1. The number of carbonyl (C=O) groups excluding carboxylic acids is 2. The van der Waals surface area contributed by atoms with Gasteiger partial charge in [-0.25, -0.2) is 4.98 Å². The third kappa shape index (κ3) is 4.32. The minimum Gasteiger partial charge on any atom is -0.496 e. The standard InChI is InChI=1S/C15H16N2O3S2/c1-9-6-11(4-5-13(9)20-3)12-7-22-15(16-12)17-14(19)8-21-10(2)18/h4-7H,8H2,1-3H3,(H,16,17,19). The molecule has 1 amide bonds. The Balaban J connectivity index is 2.06. The number of rotatable bonds is 5. The molecule has 2 aromatic rings. The Morgan fingerprint density at radius 2 is 2.18 bits per heavy atom. The summed E-state index contributed by atoms with van der Waals surface area (Å²) >= 11 is 2.33. The number of thiazole rings is 1. The smallest absolute Gasteiger partial charge is 0.236 e. The molecular weight excluding hydrogens is 320 g/mol. The maximum atomic E-state index is 11.7. The van der Waals surface area contributed by atoms with Gasteiger partial charge < -0.3 is 10.1 Å². The average molecular weight is 336 g/mol. The maximum Gasteiger partial charge on any atom is 0.236 e. The van der Waals surface area contributed by atoms with Crippen LogP contribution in [0.5, 0.6) is 5.75 Å². The van der Waals surface area contributed by atoms with E-state index >= 15 is 0 Å². The second kappa shape index (κ2) is 7.42. The summed E-state index contributed by atoms with van der Waals surface area (Å²) in [6.07, 6.45) is 0. The molecule has 1 aromatic carbocycles. The molecule has 0 bridgehead atoms. The number of amides is 1. The third-order valence-corrected chi connectivity index (χ3v) is 4.42. The quantitative estimate of drug-likeness (QED) is 0.907. The van der Waals surface area contributed by atoms with E-state index in [0.717, 1.165) is 34.3 Å². The van der Waals surface area contributed by atoms with Crippen molar-refractivity contribution in [2.45, 2.75) is 13.8 Å². The van der Waals surface area contributed by atoms with E-state index in [2.05, 4.69) is 10.3 Å². The molecule has 0 saturated carbocycles. The second-order valence-corrected chi connectivity index (χ2v) is 6.56. The van der Waals surface area contributed by atoms with Crippen molar-refractivity contribution < 1.29 is 14.3 Å². The van der Waals surface area contributed by atoms with Crippen LogP contribution in [0.15, 0.2) is 23.6 Å². The predicted octanol–water partition coefficient (Wildman–Crippen LogP) is 3.35. The van der Waals surface area contributed by atoms with Crippen molar-refractivity contribution in [3.05, 3.63) is 29.1 Å². The first-order valence-electron chi connectivity index (χ1n) is 6.53. The molecule has 1 N–H and O–H groups in total. The van der Waals surface area contributed by atoms with Crippen LogP contribution in [0.2, 0.25) is 0 Å². The van der Waals surface area contributed by atoms with Crippen molar-refractivity contribution in [3.63, 3.8) is 0 Å². The monoisotopic (exact) mass is 336 g/mol. The number of nitrogens with one attached hydrogen (secondary N) is 1. The molecule has 116 valence electrons. The summed E-state index contributed by atoms with van der Waals surface area (Å²) < 4.78 is 5.24. The summed E-state index contributed by atoms with van der Waals surface area (Å²) in [6.45, 7) is 3.40.